The Bertz CT molecular complexity index is 1880. The summed E-state index contributed by atoms with van der Waals surface area (Å²) in [5, 5.41) is 5.40. The van der Waals surface area contributed by atoms with Crippen LogP contribution in [0.25, 0.3) is 21.9 Å². The van der Waals surface area contributed by atoms with Crippen molar-refractivity contribution < 1.29 is 22.6 Å². The Balaban J connectivity index is 0.00000433. The lowest BCUT2D eigenvalue weighted by Gasteiger charge is -2.37. The number of fused-ring (bicyclic) bond motifs is 1. The van der Waals surface area contributed by atoms with E-state index in [4.69, 9.17) is 14.2 Å². The predicted molar refractivity (Wildman–Crippen MR) is 191 cm³/mol. The number of benzene rings is 5. The number of hydrogen-bond donors (Lipinski definition) is 1. The smallest absolute Gasteiger partial charge is 0.175 e. The Kier molecular flexibility index (Phi) is 11.1. The molecule has 1 aliphatic heterocycles. The molecule has 5 aromatic carbocycles. The first-order valence-electron chi connectivity index (χ1n) is 15.6. The van der Waals surface area contributed by atoms with Gasteiger partial charge in [0.15, 0.2) is 9.84 Å². The number of piperazine rings is 1. The van der Waals surface area contributed by atoms with E-state index in [-0.39, 0.29) is 17.3 Å². The van der Waals surface area contributed by atoms with Crippen molar-refractivity contribution in [3.8, 4) is 34.1 Å². The summed E-state index contributed by atoms with van der Waals surface area (Å²) in [6.07, 6.45) is 1.21. The number of rotatable bonds is 11. The van der Waals surface area contributed by atoms with E-state index in [2.05, 4.69) is 24.1 Å². The van der Waals surface area contributed by atoms with Crippen LogP contribution in [0.1, 0.15) is 19.4 Å². The van der Waals surface area contributed by atoms with Gasteiger partial charge in [0, 0.05) is 48.9 Å². The number of hydrogen-bond acceptors (Lipinski definition) is 7. The maximum Gasteiger partial charge on any atom is 0.175 e. The van der Waals surface area contributed by atoms with Crippen molar-refractivity contribution >= 4 is 33.0 Å². The molecule has 1 aliphatic rings. The van der Waals surface area contributed by atoms with Crippen molar-refractivity contribution in [2.75, 3.05) is 32.5 Å². The lowest BCUT2D eigenvalue weighted by molar-refractivity contribution is 0.123. The summed E-state index contributed by atoms with van der Waals surface area (Å²) in [5.41, 5.74) is 2.80. The van der Waals surface area contributed by atoms with Crippen molar-refractivity contribution in [3.05, 3.63) is 115 Å². The summed E-state index contributed by atoms with van der Waals surface area (Å²) < 4.78 is 43.0. The molecule has 9 heteroatoms. The highest BCUT2D eigenvalue weighted by molar-refractivity contribution is 7.90. The average Bonchev–Trinajstić information content (AvgIpc) is 3.06. The van der Waals surface area contributed by atoms with Gasteiger partial charge in [0.2, 0.25) is 0 Å². The van der Waals surface area contributed by atoms with Crippen LogP contribution in [0.5, 0.6) is 23.0 Å². The van der Waals surface area contributed by atoms with Gasteiger partial charge in [0.05, 0.1) is 4.90 Å². The van der Waals surface area contributed by atoms with Crippen LogP contribution >= 0.6 is 12.4 Å². The first-order chi connectivity index (χ1) is 22.2. The van der Waals surface area contributed by atoms with E-state index in [9.17, 15) is 8.42 Å². The van der Waals surface area contributed by atoms with Gasteiger partial charge in [-0.05, 0) is 91.0 Å². The fourth-order valence-electron chi connectivity index (χ4n) is 5.74. The Hall–Kier alpha value is -4.08. The van der Waals surface area contributed by atoms with Crippen LogP contribution in [0, 0.1) is 0 Å². The van der Waals surface area contributed by atoms with Crippen LogP contribution in [-0.4, -0.2) is 57.9 Å². The van der Waals surface area contributed by atoms with Gasteiger partial charge in [-0.3, -0.25) is 4.90 Å². The van der Waals surface area contributed by atoms with E-state index in [1.165, 1.54) is 6.26 Å². The molecule has 0 saturated carbocycles. The second-order valence-electron chi connectivity index (χ2n) is 12.0. The predicted octanol–water partition coefficient (Wildman–Crippen LogP) is 7.76. The molecule has 2 unspecified atom stereocenters. The molecule has 0 radical (unpaired) electrons. The molecular formula is C38H41ClN2O5S. The van der Waals surface area contributed by atoms with E-state index in [1.807, 2.05) is 97.1 Å². The van der Waals surface area contributed by atoms with Crippen molar-refractivity contribution in [1.29, 1.82) is 0 Å². The number of nitrogens with one attached hydrogen (secondary N) is 1. The molecule has 47 heavy (non-hydrogen) atoms. The fourth-order valence-corrected chi connectivity index (χ4v) is 6.37. The molecule has 0 amide bonds. The molecule has 5 aromatic rings. The minimum Gasteiger partial charge on any atom is -0.492 e. The third-order valence-corrected chi connectivity index (χ3v) is 9.50. The van der Waals surface area contributed by atoms with Gasteiger partial charge in [0.1, 0.15) is 36.2 Å². The van der Waals surface area contributed by atoms with E-state index in [1.54, 1.807) is 12.1 Å². The lowest BCUT2D eigenvalue weighted by Crippen LogP contribution is -2.55. The van der Waals surface area contributed by atoms with E-state index in [0.717, 1.165) is 58.6 Å². The van der Waals surface area contributed by atoms with Crippen LogP contribution in [-0.2, 0) is 16.4 Å². The van der Waals surface area contributed by atoms with Crippen molar-refractivity contribution in [3.63, 3.8) is 0 Å². The molecule has 1 N–H and O–H groups in total. The molecule has 0 spiro atoms. The molecule has 1 heterocycles. The standard InChI is InChI=1S/C38H40N2O5S.ClH/c1-27-25-40(28(2)24-39-27)21-22-43-32-12-14-33(15-13-32)45-38-36(30-9-17-35(18-10-30)46(3,41)42)19-11-31-23-34(16-20-37(31)38)44-26-29-7-5-4-6-8-29;/h4-20,23,27-28,39H,21-22,24-26H2,1-3H3;1H. The third-order valence-electron chi connectivity index (χ3n) is 8.37. The van der Waals surface area contributed by atoms with E-state index in [0.29, 0.717) is 36.8 Å². The van der Waals surface area contributed by atoms with E-state index >= 15 is 0 Å². The van der Waals surface area contributed by atoms with Gasteiger partial charge in [-0.25, -0.2) is 8.42 Å². The normalized spacial score (nSPS) is 16.7. The monoisotopic (exact) mass is 672 g/mol. The molecule has 246 valence electrons. The maximum absolute atomic E-state index is 12.1. The third kappa shape index (κ3) is 8.64. The minimum atomic E-state index is -3.31. The average molecular weight is 673 g/mol. The quantitative estimate of drug-likeness (QED) is 0.154. The van der Waals surface area contributed by atoms with Gasteiger partial charge in [-0.1, -0.05) is 48.5 Å². The summed E-state index contributed by atoms with van der Waals surface area (Å²) >= 11 is 0. The first kappa shape index (κ1) is 34.3. The Labute approximate surface area is 283 Å². The molecule has 7 nitrogen and oxygen atoms in total. The first-order valence-corrected chi connectivity index (χ1v) is 17.5. The lowest BCUT2D eigenvalue weighted by atomic mass is 9.99. The van der Waals surface area contributed by atoms with Crippen LogP contribution in [0.15, 0.2) is 114 Å². The Morgan fingerprint density at radius 2 is 1.51 bits per heavy atom. The molecule has 1 saturated heterocycles. The highest BCUT2D eigenvalue weighted by atomic mass is 35.5. The highest BCUT2D eigenvalue weighted by Gasteiger charge is 2.22. The summed E-state index contributed by atoms with van der Waals surface area (Å²) in [6, 6.07) is 35.6. The maximum atomic E-state index is 12.1. The molecule has 6 rings (SSSR count). The van der Waals surface area contributed by atoms with Crippen LogP contribution in [0.2, 0.25) is 0 Å². The van der Waals surface area contributed by atoms with Crippen molar-refractivity contribution in [2.24, 2.45) is 0 Å². The summed E-state index contributed by atoms with van der Waals surface area (Å²) in [7, 11) is -3.31. The van der Waals surface area contributed by atoms with E-state index < -0.39 is 9.84 Å². The van der Waals surface area contributed by atoms with Crippen LogP contribution in [0.4, 0.5) is 0 Å². The summed E-state index contributed by atoms with van der Waals surface area (Å²) in [5.74, 6) is 2.90. The number of halogens is 1. The van der Waals surface area contributed by atoms with Crippen molar-refractivity contribution in [1.82, 2.24) is 10.2 Å². The summed E-state index contributed by atoms with van der Waals surface area (Å²) in [6.45, 7) is 8.43. The second kappa shape index (κ2) is 15.2. The van der Waals surface area contributed by atoms with Crippen LogP contribution in [0.3, 0.4) is 0 Å². The zero-order valence-electron chi connectivity index (χ0n) is 26.9. The number of ether oxygens (including phenoxy) is 3. The van der Waals surface area contributed by atoms with Crippen molar-refractivity contribution in [2.45, 2.75) is 37.4 Å². The van der Waals surface area contributed by atoms with Gasteiger partial charge in [-0.15, -0.1) is 12.4 Å². The molecule has 0 bridgehead atoms. The van der Waals surface area contributed by atoms with Gasteiger partial charge in [0.25, 0.3) is 0 Å². The number of sulfone groups is 1. The zero-order chi connectivity index (χ0) is 32.1. The van der Waals surface area contributed by atoms with Gasteiger partial charge in [-0.2, -0.15) is 0 Å². The molecule has 2 atom stereocenters. The fraction of sp³-hybridized carbons (Fsp3) is 0.263. The molecular weight excluding hydrogens is 632 g/mol. The molecule has 1 fully saturated rings. The van der Waals surface area contributed by atoms with Crippen LogP contribution < -0.4 is 19.5 Å². The van der Waals surface area contributed by atoms with Gasteiger partial charge >= 0.3 is 0 Å². The Morgan fingerprint density at radius 3 is 2.23 bits per heavy atom. The van der Waals surface area contributed by atoms with Gasteiger partial charge < -0.3 is 19.5 Å². The number of nitrogens with zero attached hydrogens (tertiary/aromatic N) is 1. The topological polar surface area (TPSA) is 77.1 Å². The minimum absolute atomic E-state index is 0. The molecule has 0 aromatic heterocycles. The molecule has 0 aliphatic carbocycles. The Morgan fingerprint density at radius 1 is 0.809 bits per heavy atom. The highest BCUT2D eigenvalue weighted by Crippen LogP contribution is 2.41. The largest absolute Gasteiger partial charge is 0.492 e. The SMILES string of the molecule is CC1CN(CCOc2ccc(Oc3c(-c4ccc(S(C)(=O)=O)cc4)ccc4cc(OCc5ccccc5)ccc34)cc2)C(C)CN1.Cl. The zero-order valence-corrected chi connectivity index (χ0v) is 28.5. The summed E-state index contributed by atoms with van der Waals surface area (Å²) in [4.78, 5) is 2.73. The second-order valence-corrected chi connectivity index (χ2v) is 14.0.